The number of carboxylic acid groups (broad SMARTS) is 1. The van der Waals surface area contributed by atoms with Gasteiger partial charge in [0.05, 0.1) is 17.6 Å². The van der Waals surface area contributed by atoms with Gasteiger partial charge in [-0.25, -0.2) is 14.8 Å². The van der Waals surface area contributed by atoms with Crippen LogP contribution in [-0.4, -0.2) is 66.1 Å². The van der Waals surface area contributed by atoms with Crippen LogP contribution in [0.2, 0.25) is 0 Å². The Morgan fingerprint density at radius 2 is 1.69 bits per heavy atom. The summed E-state index contributed by atoms with van der Waals surface area (Å²) in [5.74, 6) is -2.91. The van der Waals surface area contributed by atoms with E-state index in [4.69, 9.17) is 19.7 Å². The van der Waals surface area contributed by atoms with E-state index < -0.39 is 59.7 Å². The highest BCUT2D eigenvalue weighted by molar-refractivity contribution is 5.75. The predicted octanol–water partition coefficient (Wildman–Crippen LogP) is 4.04. The van der Waals surface area contributed by atoms with Gasteiger partial charge in [0.15, 0.2) is 6.10 Å². The number of carboxylic acids is 1. The fourth-order valence-electron chi connectivity index (χ4n) is 3.03. The number of H-pyrrole nitrogens is 1. The number of aliphatic hydroxyl groups excluding tert-OH is 1. The van der Waals surface area contributed by atoms with Gasteiger partial charge in [-0.2, -0.15) is 44.6 Å². The second kappa shape index (κ2) is 10.7. The predicted molar refractivity (Wildman–Crippen MR) is 115 cm³/mol. The maximum absolute atomic E-state index is 13.7. The van der Waals surface area contributed by atoms with Crippen molar-refractivity contribution < 1.29 is 63.7 Å². The Morgan fingerprint density at radius 1 is 1.10 bits per heavy atom. The summed E-state index contributed by atoms with van der Waals surface area (Å²) in [6.07, 6.45) is -19.0. The van der Waals surface area contributed by atoms with Crippen molar-refractivity contribution in [3.63, 3.8) is 0 Å². The molecule has 0 fully saturated rings. The summed E-state index contributed by atoms with van der Waals surface area (Å²) in [7, 11) is 0. The molecule has 0 saturated carbocycles. The summed E-state index contributed by atoms with van der Waals surface area (Å²) < 4.78 is 135. The smallest absolute Gasteiger partial charge is 0.475 e. The number of hydrogen-bond donors (Lipinski definition) is 5. The number of aliphatic carboxylic acids is 1. The zero-order valence-electron chi connectivity index (χ0n) is 22.0. The van der Waals surface area contributed by atoms with Gasteiger partial charge in [-0.05, 0) is 31.0 Å². The Hall–Kier alpha value is -3.93. The molecule has 0 aliphatic carbocycles. The number of nitrogens with two attached hydrogens (primary N) is 1. The van der Waals surface area contributed by atoms with Crippen molar-refractivity contribution in [2.75, 3.05) is 5.73 Å². The number of anilines is 1. The molecule has 0 amide bonds. The van der Waals surface area contributed by atoms with Crippen molar-refractivity contribution in [1.29, 1.82) is 0 Å². The lowest BCUT2D eigenvalue weighted by atomic mass is 9.84. The van der Waals surface area contributed by atoms with Crippen molar-refractivity contribution in [2.24, 2.45) is 0 Å². The van der Waals surface area contributed by atoms with Crippen LogP contribution in [0.3, 0.4) is 0 Å². The van der Waals surface area contributed by atoms with Crippen LogP contribution in [0.5, 0.6) is 0 Å². The van der Waals surface area contributed by atoms with Crippen LogP contribution in [0, 0.1) is 13.8 Å². The van der Waals surface area contributed by atoms with Crippen LogP contribution in [0.25, 0.3) is 22.5 Å². The van der Waals surface area contributed by atoms with E-state index in [2.05, 4.69) is 20.2 Å². The summed E-state index contributed by atoms with van der Waals surface area (Å²) in [5.41, 5.74) is -1.32. The molecule has 0 aliphatic heterocycles. The number of benzene rings is 1. The van der Waals surface area contributed by atoms with Gasteiger partial charge in [0.25, 0.3) is 0 Å². The largest absolute Gasteiger partial charge is 0.490 e. The van der Waals surface area contributed by atoms with E-state index in [1.54, 1.807) is 6.92 Å². The molecule has 0 radical (unpaired) electrons. The number of nitrogens with zero attached hydrogens (tertiary/aromatic N) is 3. The minimum absolute atomic E-state index is 0.0305. The van der Waals surface area contributed by atoms with Crippen LogP contribution in [-0.2, 0) is 10.4 Å². The first-order chi connectivity index (χ1) is 18.8. The zero-order valence-corrected chi connectivity index (χ0v) is 19.0. The molecule has 0 saturated heterocycles. The van der Waals surface area contributed by atoms with Crippen molar-refractivity contribution >= 4 is 11.8 Å². The van der Waals surface area contributed by atoms with E-state index in [0.717, 1.165) is 6.20 Å². The molecular formula is C21H18F9N5O4. The lowest BCUT2D eigenvalue weighted by molar-refractivity contribution is -0.347. The van der Waals surface area contributed by atoms with Crippen LogP contribution < -0.4 is 5.73 Å². The number of aromatic amines is 1. The van der Waals surface area contributed by atoms with Crippen molar-refractivity contribution in [1.82, 2.24) is 20.2 Å². The number of carbonyl (C=O) groups is 1. The first kappa shape index (κ1) is 26.7. The van der Waals surface area contributed by atoms with E-state index >= 15 is 0 Å². The molecule has 18 heteroatoms. The summed E-state index contributed by atoms with van der Waals surface area (Å²) in [6.45, 7) is -1.39. The number of rotatable bonds is 4. The second-order valence-corrected chi connectivity index (χ2v) is 7.64. The molecule has 9 nitrogen and oxygen atoms in total. The molecule has 214 valence electrons. The molecule has 2 aromatic heterocycles. The molecule has 6 N–H and O–H groups in total. The fraction of sp³-hybridized carbons (Fsp3) is 0.333. The Labute approximate surface area is 216 Å². The van der Waals surface area contributed by atoms with Gasteiger partial charge in [-0.1, -0.05) is 12.1 Å². The molecule has 39 heavy (non-hydrogen) atoms. The van der Waals surface area contributed by atoms with Crippen LogP contribution in [0.4, 0.5) is 45.3 Å². The third-order valence-corrected chi connectivity index (χ3v) is 5.00. The summed E-state index contributed by atoms with van der Waals surface area (Å²) in [4.78, 5) is 16.9. The number of alkyl halides is 9. The van der Waals surface area contributed by atoms with Crippen molar-refractivity contribution in [3.05, 3.63) is 47.4 Å². The van der Waals surface area contributed by atoms with Gasteiger partial charge in [0, 0.05) is 21.4 Å². The fourth-order valence-corrected chi connectivity index (χ4v) is 3.03. The number of hydrogen-bond acceptors (Lipinski definition) is 7. The van der Waals surface area contributed by atoms with Gasteiger partial charge in [0.1, 0.15) is 11.5 Å². The molecular weight excluding hydrogens is 557 g/mol. The molecule has 2 unspecified atom stereocenters. The minimum Gasteiger partial charge on any atom is -0.475 e. The maximum Gasteiger partial charge on any atom is 0.490 e. The quantitative estimate of drug-likeness (QED) is 0.290. The Kier molecular flexibility index (Phi) is 7.30. The number of nitrogen functional groups attached to an aromatic ring is 1. The lowest BCUT2D eigenvalue weighted by Crippen LogP contribution is -2.57. The van der Waals surface area contributed by atoms with Gasteiger partial charge in [-0.3, -0.25) is 5.10 Å². The SMILES string of the molecule is O=C(O)C(F)(F)F.[2H]C([2H])([2H])c1ccc(C(O)(C(O)C(F)(F)F)C(F)(F)F)cc1-c1cnc(N)c(-c2c[nH]nc2C)n1. The summed E-state index contributed by atoms with van der Waals surface area (Å²) in [5, 5.41) is 33.2. The Bertz CT molecular complexity index is 1440. The van der Waals surface area contributed by atoms with Gasteiger partial charge in [0.2, 0.25) is 5.60 Å². The van der Waals surface area contributed by atoms with E-state index in [-0.39, 0.29) is 17.2 Å². The van der Waals surface area contributed by atoms with Crippen LogP contribution in [0.1, 0.15) is 20.9 Å². The highest BCUT2D eigenvalue weighted by Crippen LogP contribution is 2.47. The van der Waals surface area contributed by atoms with E-state index in [1.807, 2.05) is 0 Å². The number of aromatic nitrogens is 4. The molecule has 0 bridgehead atoms. The topological polar surface area (TPSA) is 158 Å². The first-order valence-corrected chi connectivity index (χ1v) is 9.96. The van der Waals surface area contributed by atoms with Crippen molar-refractivity contribution in [3.8, 4) is 22.5 Å². The zero-order chi connectivity index (χ0) is 32.6. The van der Waals surface area contributed by atoms with Crippen LogP contribution >= 0.6 is 0 Å². The Morgan fingerprint density at radius 3 is 2.13 bits per heavy atom. The number of nitrogens with one attached hydrogen (secondary N) is 1. The van der Waals surface area contributed by atoms with Crippen LogP contribution in [0.15, 0.2) is 30.6 Å². The van der Waals surface area contributed by atoms with Gasteiger partial charge in [-0.15, -0.1) is 0 Å². The molecule has 2 atom stereocenters. The highest BCUT2D eigenvalue weighted by Gasteiger charge is 2.67. The van der Waals surface area contributed by atoms with Crippen molar-refractivity contribution in [2.45, 2.75) is 44.0 Å². The maximum atomic E-state index is 13.7. The average Bonchev–Trinajstić information content (AvgIpc) is 3.26. The first-order valence-electron chi connectivity index (χ1n) is 11.5. The molecule has 0 aliphatic rings. The normalized spacial score (nSPS) is 16.2. The van der Waals surface area contributed by atoms with E-state index in [1.165, 1.54) is 6.20 Å². The lowest BCUT2D eigenvalue weighted by Gasteiger charge is -2.36. The number of halogens is 9. The monoisotopic (exact) mass is 578 g/mol. The average molecular weight is 578 g/mol. The Balaban J connectivity index is 0.000000782. The molecule has 3 aromatic rings. The standard InChI is InChI=1S/C19H17F6N5O2.C2HF3O2/c1-8-3-4-10(17(32,19(23,24)25)16(31)18(20,21)22)5-11(8)13-7-27-15(26)14(29-13)12-6-28-30-9(12)2;3-2(4,5)1(6)7/h3-7,16,31-32H,1-2H3,(H2,26,27)(H,28,30);(H,6,7)/i1D3;. The summed E-state index contributed by atoms with van der Waals surface area (Å²) >= 11 is 0. The molecule has 2 heterocycles. The minimum atomic E-state index is -6.01. The molecule has 1 aromatic carbocycles. The van der Waals surface area contributed by atoms with E-state index in [0.29, 0.717) is 29.5 Å². The number of aryl methyl sites for hydroxylation is 2. The number of aliphatic hydroxyl groups is 2. The van der Waals surface area contributed by atoms with Gasteiger partial charge >= 0.3 is 24.5 Å². The highest BCUT2D eigenvalue weighted by atomic mass is 19.4. The molecule has 0 spiro atoms. The third kappa shape index (κ3) is 6.56. The molecule has 3 rings (SSSR count). The third-order valence-electron chi connectivity index (χ3n) is 5.00. The van der Waals surface area contributed by atoms with E-state index in [9.17, 15) is 49.7 Å². The second-order valence-electron chi connectivity index (χ2n) is 7.64. The van der Waals surface area contributed by atoms with Gasteiger partial charge < -0.3 is 21.1 Å². The summed E-state index contributed by atoms with van der Waals surface area (Å²) in [6, 6.07) is 1.31.